The Morgan fingerprint density at radius 3 is 1.23 bits per heavy atom. The van der Waals surface area contributed by atoms with Crippen molar-refractivity contribution >= 4 is 33.7 Å². The second-order valence-corrected chi connectivity index (χ2v) is 7.61. The van der Waals surface area contributed by atoms with E-state index in [1.54, 1.807) is 0 Å². The molecule has 222 valence electrons. The van der Waals surface area contributed by atoms with Crippen molar-refractivity contribution in [1.82, 2.24) is 0 Å². The number of hydrogen-bond donors (Lipinski definition) is 0. The van der Waals surface area contributed by atoms with Gasteiger partial charge >= 0.3 is 47.7 Å². The fourth-order valence-corrected chi connectivity index (χ4v) is 2.48. The number of ether oxygens (including phenoxy) is 1. The Morgan fingerprint density at radius 2 is 0.897 bits per heavy atom. The molecule has 0 heterocycles. The van der Waals surface area contributed by atoms with E-state index in [0.29, 0.717) is 6.07 Å². The summed E-state index contributed by atoms with van der Waals surface area (Å²) >= 11 is 9.97. The standard InChI is InChI=1S/C17H3Cl2F17O3/c18-8(37)4-1-5(9(19)38)3-6(2-4)39-10(21)7(20)11(22,23)12(24,25)13(26,27)14(28,29)15(30,31)16(32,33)17(34,35)36/h1-3H. The quantitative estimate of drug-likeness (QED) is 0.146. The molecule has 0 atom stereocenters. The van der Waals surface area contributed by atoms with Crippen LogP contribution in [0, 0.1) is 0 Å². The Morgan fingerprint density at radius 1 is 0.564 bits per heavy atom. The zero-order valence-electron chi connectivity index (χ0n) is 17.1. The van der Waals surface area contributed by atoms with Crippen LogP contribution < -0.4 is 4.74 Å². The van der Waals surface area contributed by atoms with E-state index in [9.17, 15) is 84.2 Å². The summed E-state index contributed by atoms with van der Waals surface area (Å²) in [5.74, 6) is -56.6. The lowest BCUT2D eigenvalue weighted by atomic mass is 9.91. The average molecular weight is 649 g/mol. The van der Waals surface area contributed by atoms with Crippen LogP contribution in [0.5, 0.6) is 5.75 Å². The molecule has 0 amide bonds. The number of allylic oxidation sites excluding steroid dienone is 1. The second kappa shape index (κ2) is 10.2. The van der Waals surface area contributed by atoms with Gasteiger partial charge in [0.2, 0.25) is 5.83 Å². The minimum atomic E-state index is -8.73. The SMILES string of the molecule is O=C(Cl)c1cc(OC(F)=C(F)C(F)(F)C(F)(F)C(F)(F)C(F)(F)C(F)(F)C(F)(F)C(F)(F)F)cc(C(=O)Cl)c1. The first-order chi connectivity index (χ1) is 17.0. The van der Waals surface area contributed by atoms with Gasteiger partial charge in [-0.1, -0.05) is 0 Å². The van der Waals surface area contributed by atoms with Gasteiger partial charge in [-0.2, -0.15) is 74.6 Å². The lowest BCUT2D eigenvalue weighted by Crippen LogP contribution is -2.72. The molecule has 0 unspecified atom stereocenters. The average Bonchev–Trinajstić information content (AvgIpc) is 2.76. The van der Waals surface area contributed by atoms with Crippen LogP contribution in [0.1, 0.15) is 20.7 Å². The molecule has 0 aliphatic heterocycles. The minimum Gasteiger partial charge on any atom is -0.430 e. The van der Waals surface area contributed by atoms with E-state index < -0.39 is 80.9 Å². The molecule has 0 fully saturated rings. The predicted molar refractivity (Wildman–Crippen MR) is 92.4 cm³/mol. The van der Waals surface area contributed by atoms with Gasteiger partial charge in [-0.3, -0.25) is 9.59 Å². The molecule has 1 aromatic carbocycles. The van der Waals surface area contributed by atoms with Crippen molar-refractivity contribution in [1.29, 1.82) is 0 Å². The Bertz CT molecular complexity index is 1140. The summed E-state index contributed by atoms with van der Waals surface area (Å²) in [7, 11) is 0. The van der Waals surface area contributed by atoms with Crippen LogP contribution in [-0.2, 0) is 0 Å². The molecule has 0 aromatic heterocycles. The fourth-order valence-electron chi connectivity index (χ4n) is 2.26. The van der Waals surface area contributed by atoms with E-state index in [-0.39, 0.29) is 12.1 Å². The molecular formula is C17H3Cl2F17O3. The summed E-state index contributed by atoms with van der Waals surface area (Å²) in [4.78, 5) is 22.2. The number of carbonyl (C=O) groups excluding carboxylic acids is 2. The maximum Gasteiger partial charge on any atom is 0.460 e. The van der Waals surface area contributed by atoms with E-state index >= 15 is 0 Å². The van der Waals surface area contributed by atoms with E-state index in [4.69, 9.17) is 23.2 Å². The molecule has 0 radical (unpaired) electrons. The molecule has 0 N–H and O–H groups in total. The van der Waals surface area contributed by atoms with Gasteiger partial charge in [0.05, 0.1) is 0 Å². The van der Waals surface area contributed by atoms with Crippen LogP contribution in [-0.4, -0.2) is 52.2 Å². The van der Waals surface area contributed by atoms with Gasteiger partial charge in [0, 0.05) is 11.1 Å². The number of carbonyl (C=O) groups is 2. The molecule has 0 saturated heterocycles. The van der Waals surface area contributed by atoms with Crippen LogP contribution in [0.25, 0.3) is 0 Å². The molecule has 1 rings (SSSR count). The Hall–Kier alpha value is -2.51. The number of halogens is 19. The first-order valence-corrected chi connectivity index (χ1v) is 9.40. The Balaban J connectivity index is 3.68. The van der Waals surface area contributed by atoms with Crippen molar-refractivity contribution in [2.75, 3.05) is 0 Å². The fraction of sp³-hybridized carbons (Fsp3) is 0.412. The largest absolute Gasteiger partial charge is 0.460 e. The number of rotatable bonds is 10. The number of alkyl halides is 15. The van der Waals surface area contributed by atoms with Gasteiger partial charge in [-0.05, 0) is 41.4 Å². The summed E-state index contributed by atoms with van der Waals surface area (Å²) in [5, 5.41) is -3.11. The minimum absolute atomic E-state index is 0.143. The zero-order valence-corrected chi connectivity index (χ0v) is 18.6. The molecule has 0 spiro atoms. The Kier molecular flexibility index (Phi) is 8.98. The Labute approximate surface area is 212 Å². The van der Waals surface area contributed by atoms with Crippen LogP contribution in [0.3, 0.4) is 0 Å². The summed E-state index contributed by atoms with van der Waals surface area (Å²) in [6.07, 6.45) is -7.85. The molecule has 1 aromatic rings. The van der Waals surface area contributed by atoms with Gasteiger partial charge in [0.25, 0.3) is 10.5 Å². The number of hydrogen-bond acceptors (Lipinski definition) is 3. The maximum atomic E-state index is 13.8. The van der Waals surface area contributed by atoms with Crippen LogP contribution >= 0.6 is 23.2 Å². The van der Waals surface area contributed by atoms with E-state index in [1.807, 2.05) is 0 Å². The highest BCUT2D eigenvalue weighted by Crippen LogP contribution is 2.63. The highest BCUT2D eigenvalue weighted by Gasteiger charge is 2.93. The molecule has 39 heavy (non-hydrogen) atoms. The van der Waals surface area contributed by atoms with Crippen molar-refractivity contribution in [2.24, 2.45) is 0 Å². The van der Waals surface area contributed by atoms with Gasteiger partial charge in [0.15, 0.2) is 0 Å². The highest BCUT2D eigenvalue weighted by atomic mass is 35.5. The molecular weight excluding hydrogens is 646 g/mol. The van der Waals surface area contributed by atoms with E-state index in [2.05, 4.69) is 4.74 Å². The monoisotopic (exact) mass is 648 g/mol. The molecule has 0 aliphatic carbocycles. The van der Waals surface area contributed by atoms with Gasteiger partial charge < -0.3 is 4.74 Å². The molecule has 0 aliphatic rings. The first kappa shape index (κ1) is 34.5. The lowest BCUT2D eigenvalue weighted by molar-refractivity contribution is -0.451. The van der Waals surface area contributed by atoms with Crippen LogP contribution in [0.4, 0.5) is 74.6 Å². The zero-order chi connectivity index (χ0) is 31.4. The normalized spacial score (nSPS) is 15.2. The summed E-state index contributed by atoms with van der Waals surface area (Å²) < 4.78 is 228. The van der Waals surface area contributed by atoms with Crippen molar-refractivity contribution in [3.63, 3.8) is 0 Å². The van der Waals surface area contributed by atoms with Crippen molar-refractivity contribution in [3.05, 3.63) is 41.2 Å². The number of benzene rings is 1. The molecule has 0 saturated carbocycles. The summed E-state index contributed by atoms with van der Waals surface area (Å²) in [5.41, 5.74) is -1.86. The maximum absolute atomic E-state index is 13.8. The van der Waals surface area contributed by atoms with Gasteiger partial charge in [0.1, 0.15) is 5.75 Å². The smallest absolute Gasteiger partial charge is 0.430 e. The first-order valence-electron chi connectivity index (χ1n) is 8.64. The summed E-state index contributed by atoms with van der Waals surface area (Å²) in [6, 6.07) is -3.00. The third kappa shape index (κ3) is 5.45. The molecule has 3 nitrogen and oxygen atoms in total. The third-order valence-corrected chi connectivity index (χ3v) is 4.78. The van der Waals surface area contributed by atoms with E-state index in [1.165, 1.54) is 0 Å². The van der Waals surface area contributed by atoms with Gasteiger partial charge in [-0.15, -0.1) is 0 Å². The van der Waals surface area contributed by atoms with E-state index in [0.717, 1.165) is 0 Å². The third-order valence-electron chi connectivity index (χ3n) is 4.34. The van der Waals surface area contributed by atoms with Crippen LogP contribution in [0.2, 0.25) is 0 Å². The van der Waals surface area contributed by atoms with Crippen molar-refractivity contribution in [3.8, 4) is 5.75 Å². The van der Waals surface area contributed by atoms with Crippen molar-refractivity contribution in [2.45, 2.75) is 41.7 Å². The topological polar surface area (TPSA) is 43.4 Å². The van der Waals surface area contributed by atoms with Crippen LogP contribution in [0.15, 0.2) is 30.0 Å². The molecule has 0 bridgehead atoms. The summed E-state index contributed by atoms with van der Waals surface area (Å²) in [6.45, 7) is 0. The predicted octanol–water partition coefficient (Wildman–Crippen LogP) is 8.31. The highest BCUT2D eigenvalue weighted by molar-refractivity contribution is 6.69. The lowest BCUT2D eigenvalue weighted by Gasteiger charge is -2.41. The molecule has 22 heteroatoms. The second-order valence-electron chi connectivity index (χ2n) is 6.93. The van der Waals surface area contributed by atoms with Gasteiger partial charge in [-0.25, -0.2) is 0 Å². The van der Waals surface area contributed by atoms with Crippen molar-refractivity contribution < 1.29 is 89.0 Å².